The van der Waals surface area contributed by atoms with Gasteiger partial charge in [-0.05, 0) is 44.0 Å². The van der Waals surface area contributed by atoms with Crippen LogP contribution < -0.4 is 9.64 Å². The molecule has 1 aliphatic rings. The van der Waals surface area contributed by atoms with Crippen LogP contribution >= 0.6 is 0 Å². The fraction of sp³-hybridized carbons (Fsp3) is 0.280. The molecule has 37 heavy (non-hydrogen) atoms. The van der Waals surface area contributed by atoms with E-state index in [-0.39, 0.29) is 24.1 Å². The zero-order valence-electron chi connectivity index (χ0n) is 19.9. The number of ether oxygens (including phenoxy) is 1. The van der Waals surface area contributed by atoms with Crippen LogP contribution in [0.5, 0.6) is 5.75 Å². The SMILES string of the molecule is COc1cc(-c2cn([C@@H]3CCc4c(F)cccc4N(CC(F)(F)F)C3=O)nn2)ccc1-n1ccnc1C. The molecular formula is C25H22F4N6O2. The van der Waals surface area contributed by atoms with E-state index in [4.69, 9.17) is 4.74 Å². The van der Waals surface area contributed by atoms with Gasteiger partial charge < -0.3 is 14.2 Å². The maximum Gasteiger partial charge on any atom is 0.406 e. The number of amides is 1. The first kappa shape index (κ1) is 24.5. The van der Waals surface area contributed by atoms with Crippen molar-refractivity contribution in [2.75, 3.05) is 18.6 Å². The highest BCUT2D eigenvalue weighted by Crippen LogP contribution is 2.36. The van der Waals surface area contributed by atoms with Crippen LogP contribution in [0.2, 0.25) is 0 Å². The van der Waals surface area contributed by atoms with Crippen molar-refractivity contribution in [3.8, 4) is 22.7 Å². The number of aromatic nitrogens is 5. The molecule has 1 aliphatic heterocycles. The zero-order valence-corrected chi connectivity index (χ0v) is 19.9. The molecule has 0 saturated carbocycles. The first-order valence-electron chi connectivity index (χ1n) is 11.4. The molecule has 0 aliphatic carbocycles. The number of carbonyl (C=O) groups is 1. The molecule has 1 amide bonds. The molecule has 0 saturated heterocycles. The van der Waals surface area contributed by atoms with Crippen molar-refractivity contribution in [1.29, 1.82) is 0 Å². The van der Waals surface area contributed by atoms with Crippen molar-refractivity contribution < 1.29 is 27.1 Å². The highest BCUT2D eigenvalue weighted by atomic mass is 19.4. The summed E-state index contributed by atoms with van der Waals surface area (Å²) in [6, 6.07) is 8.06. The van der Waals surface area contributed by atoms with E-state index in [9.17, 15) is 22.4 Å². The third-order valence-electron chi connectivity index (χ3n) is 6.33. The van der Waals surface area contributed by atoms with Crippen LogP contribution in [-0.4, -0.2) is 50.3 Å². The van der Waals surface area contributed by atoms with Gasteiger partial charge in [-0.1, -0.05) is 17.3 Å². The van der Waals surface area contributed by atoms with Crippen molar-refractivity contribution >= 4 is 11.6 Å². The highest BCUT2D eigenvalue weighted by Gasteiger charge is 2.40. The Morgan fingerprint density at radius 1 is 1.16 bits per heavy atom. The molecule has 3 heterocycles. The van der Waals surface area contributed by atoms with E-state index in [1.807, 2.05) is 17.6 Å². The summed E-state index contributed by atoms with van der Waals surface area (Å²) < 4.78 is 63.3. The second kappa shape index (κ2) is 9.34. The Balaban J connectivity index is 1.48. The van der Waals surface area contributed by atoms with Crippen LogP contribution in [0.1, 0.15) is 23.9 Å². The Labute approximate surface area is 209 Å². The number of anilines is 1. The van der Waals surface area contributed by atoms with Gasteiger partial charge in [-0.15, -0.1) is 5.10 Å². The number of hydrogen-bond acceptors (Lipinski definition) is 5. The quantitative estimate of drug-likeness (QED) is 0.362. The number of benzene rings is 2. The van der Waals surface area contributed by atoms with Crippen molar-refractivity contribution in [3.05, 3.63) is 72.2 Å². The van der Waals surface area contributed by atoms with Gasteiger partial charge in [0.1, 0.15) is 35.7 Å². The lowest BCUT2D eigenvalue weighted by Gasteiger charge is -2.26. The number of methoxy groups -OCH3 is 1. The molecule has 2 aromatic heterocycles. The fourth-order valence-electron chi connectivity index (χ4n) is 4.57. The molecule has 8 nitrogen and oxygen atoms in total. The lowest BCUT2D eigenvalue weighted by molar-refractivity contribution is -0.134. The van der Waals surface area contributed by atoms with Gasteiger partial charge in [0.05, 0.1) is 24.7 Å². The van der Waals surface area contributed by atoms with E-state index >= 15 is 0 Å². The number of fused-ring (bicyclic) bond motifs is 1. The third-order valence-corrected chi connectivity index (χ3v) is 6.33. The molecule has 2 aromatic carbocycles. The summed E-state index contributed by atoms with van der Waals surface area (Å²) in [7, 11) is 1.53. The van der Waals surface area contributed by atoms with Gasteiger partial charge in [0.15, 0.2) is 0 Å². The number of rotatable bonds is 5. The summed E-state index contributed by atoms with van der Waals surface area (Å²) in [5.41, 5.74) is 1.77. The number of imidazole rings is 1. The predicted molar refractivity (Wildman–Crippen MR) is 126 cm³/mol. The van der Waals surface area contributed by atoms with Gasteiger partial charge in [-0.25, -0.2) is 14.1 Å². The van der Waals surface area contributed by atoms with Crippen molar-refractivity contribution in [2.24, 2.45) is 0 Å². The topological polar surface area (TPSA) is 78.1 Å². The highest BCUT2D eigenvalue weighted by molar-refractivity contribution is 5.97. The Kier molecular flexibility index (Phi) is 6.18. The fourth-order valence-corrected chi connectivity index (χ4v) is 4.57. The monoisotopic (exact) mass is 514 g/mol. The smallest absolute Gasteiger partial charge is 0.406 e. The Hall–Kier alpha value is -4.22. The van der Waals surface area contributed by atoms with Crippen molar-refractivity contribution in [2.45, 2.75) is 32.0 Å². The minimum Gasteiger partial charge on any atom is -0.495 e. The average molecular weight is 514 g/mol. The minimum absolute atomic E-state index is 0.0616. The second-order valence-electron chi connectivity index (χ2n) is 8.65. The standard InChI is InChI=1S/C25H22F4N6O2/c1-15-30-10-11-33(15)21-8-6-16(12-23(21)37-2)19-13-35(32-31-19)22-9-7-17-18(26)4-3-5-20(17)34(24(22)36)14-25(27,28)29/h3-6,8,10-13,22H,7,9,14H2,1-2H3/t22-/m1/s1. The molecule has 0 spiro atoms. The third kappa shape index (κ3) is 4.66. The molecule has 1 atom stereocenters. The van der Waals surface area contributed by atoms with E-state index in [0.29, 0.717) is 21.9 Å². The lowest BCUT2D eigenvalue weighted by Crippen LogP contribution is -2.42. The van der Waals surface area contributed by atoms with E-state index in [2.05, 4.69) is 15.3 Å². The Morgan fingerprint density at radius 3 is 2.68 bits per heavy atom. The Morgan fingerprint density at radius 2 is 1.97 bits per heavy atom. The molecule has 0 fully saturated rings. The molecule has 5 rings (SSSR count). The van der Waals surface area contributed by atoms with Crippen LogP contribution in [0, 0.1) is 12.7 Å². The maximum atomic E-state index is 14.5. The van der Waals surface area contributed by atoms with Crippen molar-refractivity contribution in [1.82, 2.24) is 24.5 Å². The van der Waals surface area contributed by atoms with Crippen LogP contribution in [0.15, 0.2) is 55.0 Å². The molecule has 4 aromatic rings. The van der Waals surface area contributed by atoms with Crippen LogP contribution in [0.25, 0.3) is 16.9 Å². The second-order valence-corrected chi connectivity index (χ2v) is 8.65. The Bertz CT molecular complexity index is 1460. The molecule has 192 valence electrons. The molecule has 0 unspecified atom stereocenters. The van der Waals surface area contributed by atoms with Gasteiger partial charge in [0.2, 0.25) is 0 Å². The molecule has 0 N–H and O–H groups in total. The molecular weight excluding hydrogens is 492 g/mol. The predicted octanol–water partition coefficient (Wildman–Crippen LogP) is 4.67. The van der Waals surface area contributed by atoms with Gasteiger partial charge >= 0.3 is 6.18 Å². The zero-order chi connectivity index (χ0) is 26.3. The number of aryl methyl sites for hydroxylation is 1. The van der Waals surface area contributed by atoms with Gasteiger partial charge in [-0.2, -0.15) is 13.2 Å². The number of hydrogen-bond donors (Lipinski definition) is 0. The summed E-state index contributed by atoms with van der Waals surface area (Å²) in [5, 5.41) is 8.20. The summed E-state index contributed by atoms with van der Waals surface area (Å²) in [6.07, 6.45) is 0.421. The molecule has 12 heteroatoms. The maximum absolute atomic E-state index is 14.5. The number of nitrogens with zero attached hydrogens (tertiary/aromatic N) is 6. The minimum atomic E-state index is -4.67. The van der Waals surface area contributed by atoms with E-state index in [1.165, 1.54) is 36.2 Å². The van der Waals surface area contributed by atoms with Gasteiger partial charge in [-0.3, -0.25) is 4.79 Å². The van der Waals surface area contributed by atoms with Gasteiger partial charge in [0.25, 0.3) is 5.91 Å². The summed E-state index contributed by atoms with van der Waals surface area (Å²) in [6.45, 7) is 0.321. The normalized spacial score (nSPS) is 16.0. The molecule has 0 bridgehead atoms. The van der Waals surface area contributed by atoms with Crippen molar-refractivity contribution in [3.63, 3.8) is 0 Å². The summed E-state index contributed by atoms with van der Waals surface area (Å²) >= 11 is 0. The van der Waals surface area contributed by atoms with Gasteiger partial charge in [0, 0.05) is 23.5 Å². The largest absolute Gasteiger partial charge is 0.495 e. The van der Waals surface area contributed by atoms with Crippen LogP contribution in [0.3, 0.4) is 0 Å². The summed E-state index contributed by atoms with van der Waals surface area (Å²) in [4.78, 5) is 18.1. The first-order valence-corrected chi connectivity index (χ1v) is 11.4. The summed E-state index contributed by atoms with van der Waals surface area (Å²) in [5.74, 6) is -0.176. The van der Waals surface area contributed by atoms with Crippen LogP contribution in [0.4, 0.5) is 23.2 Å². The van der Waals surface area contributed by atoms with E-state index < -0.39 is 30.5 Å². The number of alkyl halides is 3. The lowest BCUT2D eigenvalue weighted by atomic mass is 10.1. The molecule has 0 radical (unpaired) electrons. The average Bonchev–Trinajstić information content (AvgIpc) is 3.49. The number of carbonyl (C=O) groups excluding carboxylic acids is 1. The van der Waals surface area contributed by atoms with E-state index in [1.54, 1.807) is 24.5 Å². The van der Waals surface area contributed by atoms with Crippen LogP contribution in [-0.2, 0) is 11.2 Å². The first-order chi connectivity index (χ1) is 17.7. The number of halogens is 4. The van der Waals surface area contributed by atoms with E-state index in [0.717, 1.165) is 11.5 Å².